The van der Waals surface area contributed by atoms with E-state index in [9.17, 15) is 0 Å². The lowest BCUT2D eigenvalue weighted by atomic mass is 10.1. The van der Waals surface area contributed by atoms with Gasteiger partial charge in [-0.25, -0.2) is 0 Å². The maximum atomic E-state index is 6.15. The van der Waals surface area contributed by atoms with E-state index in [2.05, 4.69) is 73.0 Å². The predicted octanol–water partition coefficient (Wildman–Crippen LogP) is 6.67. The number of ether oxygens (including phenoxy) is 1. The standard InChI is InChI=1S/C21H16OS/c1-15-6-8-17(9-7-15)21-20(12-13-23-21)22-19-11-10-16-4-2-3-5-18(16)14-19/h2-14H,1H3. The number of fused-ring (bicyclic) bond motifs is 1. The third-order valence-corrected chi connectivity index (χ3v) is 4.84. The third-order valence-electron chi connectivity index (χ3n) is 3.89. The van der Waals surface area contributed by atoms with E-state index >= 15 is 0 Å². The van der Waals surface area contributed by atoms with Gasteiger partial charge >= 0.3 is 0 Å². The van der Waals surface area contributed by atoms with E-state index in [1.807, 2.05) is 12.1 Å². The highest BCUT2D eigenvalue weighted by molar-refractivity contribution is 7.14. The first-order valence-electron chi connectivity index (χ1n) is 7.61. The van der Waals surface area contributed by atoms with Crippen LogP contribution in [0.25, 0.3) is 21.2 Å². The summed E-state index contributed by atoms with van der Waals surface area (Å²) >= 11 is 1.71. The van der Waals surface area contributed by atoms with E-state index in [1.165, 1.54) is 21.9 Å². The number of benzene rings is 3. The SMILES string of the molecule is Cc1ccc(-c2sccc2Oc2ccc3ccccc3c2)cc1. The van der Waals surface area contributed by atoms with Gasteiger partial charge in [-0.3, -0.25) is 0 Å². The van der Waals surface area contributed by atoms with Gasteiger partial charge in [0.2, 0.25) is 0 Å². The zero-order valence-corrected chi connectivity index (χ0v) is 13.6. The first kappa shape index (κ1) is 14.0. The van der Waals surface area contributed by atoms with Crippen molar-refractivity contribution in [1.29, 1.82) is 0 Å². The Kier molecular flexibility index (Phi) is 3.60. The summed E-state index contributed by atoms with van der Waals surface area (Å²) < 4.78 is 6.15. The molecule has 0 amide bonds. The van der Waals surface area contributed by atoms with Crippen LogP contribution in [-0.4, -0.2) is 0 Å². The molecule has 23 heavy (non-hydrogen) atoms. The minimum absolute atomic E-state index is 0.871. The van der Waals surface area contributed by atoms with Crippen molar-refractivity contribution in [3.8, 4) is 21.9 Å². The minimum atomic E-state index is 0.871. The number of thiophene rings is 1. The maximum absolute atomic E-state index is 6.15. The molecule has 4 rings (SSSR count). The van der Waals surface area contributed by atoms with Crippen LogP contribution in [0.15, 0.2) is 78.2 Å². The Morgan fingerprint density at radius 3 is 2.39 bits per heavy atom. The molecule has 0 fully saturated rings. The van der Waals surface area contributed by atoms with Crippen LogP contribution in [0, 0.1) is 6.92 Å². The fraction of sp³-hybridized carbons (Fsp3) is 0.0476. The summed E-state index contributed by atoms with van der Waals surface area (Å²) in [4.78, 5) is 1.16. The van der Waals surface area contributed by atoms with Crippen LogP contribution < -0.4 is 4.74 Å². The highest BCUT2D eigenvalue weighted by atomic mass is 32.1. The number of hydrogen-bond acceptors (Lipinski definition) is 2. The molecule has 0 saturated heterocycles. The van der Waals surface area contributed by atoms with Gasteiger partial charge in [-0.15, -0.1) is 11.3 Å². The minimum Gasteiger partial charge on any atom is -0.456 e. The fourth-order valence-corrected chi connectivity index (χ4v) is 3.48. The first-order chi connectivity index (χ1) is 11.3. The van der Waals surface area contributed by atoms with Crippen molar-refractivity contribution >= 4 is 22.1 Å². The molecule has 112 valence electrons. The first-order valence-corrected chi connectivity index (χ1v) is 8.49. The second-order valence-corrected chi connectivity index (χ2v) is 6.51. The number of aryl methyl sites for hydroxylation is 1. The van der Waals surface area contributed by atoms with E-state index in [0.717, 1.165) is 16.4 Å². The second-order valence-electron chi connectivity index (χ2n) is 5.59. The van der Waals surface area contributed by atoms with Gasteiger partial charge in [-0.2, -0.15) is 0 Å². The summed E-state index contributed by atoms with van der Waals surface area (Å²) in [6, 6.07) is 25.1. The summed E-state index contributed by atoms with van der Waals surface area (Å²) in [7, 11) is 0. The molecule has 0 saturated carbocycles. The molecule has 0 radical (unpaired) electrons. The molecular weight excluding hydrogens is 300 g/mol. The Labute approximate surface area is 139 Å². The quantitative estimate of drug-likeness (QED) is 0.410. The van der Waals surface area contributed by atoms with Gasteiger partial charge in [0.05, 0.1) is 4.88 Å². The van der Waals surface area contributed by atoms with Crippen molar-refractivity contribution < 1.29 is 4.74 Å². The highest BCUT2D eigenvalue weighted by Gasteiger charge is 2.09. The van der Waals surface area contributed by atoms with Crippen molar-refractivity contribution in [1.82, 2.24) is 0 Å². The van der Waals surface area contributed by atoms with Crippen LogP contribution in [0.2, 0.25) is 0 Å². The van der Waals surface area contributed by atoms with Crippen LogP contribution in [0.5, 0.6) is 11.5 Å². The average Bonchev–Trinajstić information content (AvgIpc) is 3.03. The molecule has 0 aliphatic carbocycles. The van der Waals surface area contributed by atoms with Crippen LogP contribution in [0.4, 0.5) is 0 Å². The molecule has 0 aliphatic heterocycles. The molecule has 3 aromatic carbocycles. The summed E-state index contributed by atoms with van der Waals surface area (Å²) in [5.74, 6) is 1.78. The van der Waals surface area contributed by atoms with Crippen LogP contribution in [0.1, 0.15) is 5.56 Å². The van der Waals surface area contributed by atoms with Gasteiger partial charge in [-0.1, -0.05) is 60.2 Å². The summed E-state index contributed by atoms with van der Waals surface area (Å²) in [6.07, 6.45) is 0. The smallest absolute Gasteiger partial charge is 0.146 e. The van der Waals surface area contributed by atoms with Gasteiger partial charge < -0.3 is 4.74 Å². The van der Waals surface area contributed by atoms with Crippen LogP contribution in [0.3, 0.4) is 0 Å². The summed E-state index contributed by atoms with van der Waals surface area (Å²) in [5, 5.41) is 4.49. The van der Waals surface area contributed by atoms with Crippen LogP contribution >= 0.6 is 11.3 Å². The van der Waals surface area contributed by atoms with Crippen molar-refractivity contribution in [2.75, 3.05) is 0 Å². The van der Waals surface area contributed by atoms with Crippen molar-refractivity contribution in [2.45, 2.75) is 6.92 Å². The average molecular weight is 316 g/mol. The largest absolute Gasteiger partial charge is 0.456 e. The molecule has 0 N–H and O–H groups in total. The monoisotopic (exact) mass is 316 g/mol. The Morgan fingerprint density at radius 1 is 0.783 bits per heavy atom. The highest BCUT2D eigenvalue weighted by Crippen LogP contribution is 2.38. The van der Waals surface area contributed by atoms with E-state index in [0.29, 0.717) is 0 Å². The number of rotatable bonds is 3. The zero-order chi connectivity index (χ0) is 15.6. The van der Waals surface area contributed by atoms with E-state index in [4.69, 9.17) is 4.74 Å². The Balaban J connectivity index is 1.68. The maximum Gasteiger partial charge on any atom is 0.146 e. The second kappa shape index (κ2) is 5.90. The Hall–Kier alpha value is -2.58. The van der Waals surface area contributed by atoms with Gasteiger partial charge in [0.15, 0.2) is 0 Å². The molecule has 2 heteroatoms. The fourth-order valence-electron chi connectivity index (χ4n) is 2.65. The van der Waals surface area contributed by atoms with Gasteiger partial charge in [0.25, 0.3) is 0 Å². The molecule has 0 bridgehead atoms. The predicted molar refractivity (Wildman–Crippen MR) is 98.5 cm³/mol. The van der Waals surface area contributed by atoms with E-state index < -0.39 is 0 Å². The van der Waals surface area contributed by atoms with E-state index in [1.54, 1.807) is 11.3 Å². The molecule has 0 atom stereocenters. The van der Waals surface area contributed by atoms with Gasteiger partial charge in [0, 0.05) is 0 Å². The van der Waals surface area contributed by atoms with E-state index in [-0.39, 0.29) is 0 Å². The molecule has 1 aromatic heterocycles. The summed E-state index contributed by atoms with van der Waals surface area (Å²) in [6.45, 7) is 2.10. The van der Waals surface area contributed by atoms with Crippen molar-refractivity contribution in [3.05, 3.63) is 83.7 Å². The molecule has 0 spiro atoms. The lowest BCUT2D eigenvalue weighted by Crippen LogP contribution is -1.85. The molecule has 0 unspecified atom stereocenters. The Bertz CT molecular complexity index is 951. The van der Waals surface area contributed by atoms with Gasteiger partial charge in [-0.05, 0) is 46.8 Å². The molecule has 0 aliphatic rings. The van der Waals surface area contributed by atoms with Crippen molar-refractivity contribution in [2.24, 2.45) is 0 Å². The molecule has 1 nitrogen and oxygen atoms in total. The topological polar surface area (TPSA) is 9.23 Å². The van der Waals surface area contributed by atoms with Gasteiger partial charge in [0.1, 0.15) is 11.5 Å². The molecular formula is C21H16OS. The normalized spacial score (nSPS) is 10.8. The Morgan fingerprint density at radius 2 is 1.57 bits per heavy atom. The zero-order valence-electron chi connectivity index (χ0n) is 12.8. The summed E-state index contributed by atoms with van der Waals surface area (Å²) in [5.41, 5.74) is 2.46. The lowest BCUT2D eigenvalue weighted by Gasteiger charge is -2.08. The number of hydrogen-bond donors (Lipinski definition) is 0. The third kappa shape index (κ3) is 2.86. The lowest BCUT2D eigenvalue weighted by molar-refractivity contribution is 0.487. The molecule has 4 aromatic rings. The van der Waals surface area contributed by atoms with Crippen molar-refractivity contribution in [3.63, 3.8) is 0 Å². The molecule has 1 heterocycles. The van der Waals surface area contributed by atoms with Crippen LogP contribution in [-0.2, 0) is 0 Å².